The number of nitrogens with one attached hydrogen (secondary N) is 2. The Morgan fingerprint density at radius 2 is 2.00 bits per heavy atom. The van der Waals surface area contributed by atoms with Gasteiger partial charge in [0.05, 0.1) is 5.71 Å². The van der Waals surface area contributed by atoms with Crippen molar-refractivity contribution in [3.05, 3.63) is 35.4 Å². The average molecular weight is 220 g/mol. The lowest BCUT2D eigenvalue weighted by Gasteiger charge is -2.10. The van der Waals surface area contributed by atoms with Gasteiger partial charge in [0.2, 0.25) is 0 Å². The smallest absolute Gasteiger partial charge is 0.337 e. The van der Waals surface area contributed by atoms with Gasteiger partial charge in [-0.3, -0.25) is 5.41 Å². The lowest BCUT2D eigenvalue weighted by atomic mass is 10.0. The van der Waals surface area contributed by atoms with E-state index >= 15 is 0 Å². The van der Waals surface area contributed by atoms with Gasteiger partial charge in [0.15, 0.2) is 6.10 Å². The summed E-state index contributed by atoms with van der Waals surface area (Å²) in [5.41, 5.74) is 1.16. The third-order valence-corrected chi connectivity index (χ3v) is 2.13. The molecule has 0 saturated carbocycles. The molecule has 0 aliphatic heterocycles. The van der Waals surface area contributed by atoms with Crippen molar-refractivity contribution < 1.29 is 14.6 Å². The maximum Gasteiger partial charge on any atom is 0.337 e. The van der Waals surface area contributed by atoms with Gasteiger partial charge in [0.1, 0.15) is 0 Å². The Balaban J connectivity index is 2.97. The molecule has 0 aromatic heterocycles. The van der Waals surface area contributed by atoms with Crippen molar-refractivity contribution in [3.8, 4) is 0 Å². The van der Waals surface area contributed by atoms with Crippen LogP contribution in [0.1, 0.15) is 17.2 Å². The summed E-state index contributed by atoms with van der Waals surface area (Å²) in [4.78, 5) is 10.8. The van der Waals surface area contributed by atoms with Gasteiger partial charge in [-0.05, 0) is 5.56 Å². The van der Waals surface area contributed by atoms with Crippen molar-refractivity contribution in [1.82, 2.24) is 0 Å². The molecule has 0 bridgehead atoms. The normalized spacial score (nSPS) is 11.8. The van der Waals surface area contributed by atoms with E-state index in [9.17, 15) is 4.79 Å². The Hall–Kier alpha value is -2.01. The van der Waals surface area contributed by atoms with Gasteiger partial charge in [-0.25, -0.2) is 4.79 Å². The Morgan fingerprint density at radius 3 is 2.38 bits per heavy atom. The number of hydrogen-bond donors (Lipinski definition) is 3. The SMILES string of the molecule is COC(C(=O)O)c1ccc(C(=N)C=N)cc1. The van der Waals surface area contributed by atoms with Crippen molar-refractivity contribution >= 4 is 17.9 Å². The Morgan fingerprint density at radius 1 is 1.44 bits per heavy atom. The van der Waals surface area contributed by atoms with Crippen molar-refractivity contribution in [2.24, 2.45) is 0 Å². The predicted molar refractivity (Wildman–Crippen MR) is 59.4 cm³/mol. The van der Waals surface area contributed by atoms with Crippen LogP contribution in [0.25, 0.3) is 0 Å². The summed E-state index contributed by atoms with van der Waals surface area (Å²) >= 11 is 0. The first-order chi connectivity index (χ1) is 7.60. The topological polar surface area (TPSA) is 94.2 Å². The van der Waals surface area contributed by atoms with Crippen LogP contribution < -0.4 is 0 Å². The predicted octanol–water partition coefficient (Wildman–Crippen LogP) is 1.48. The third kappa shape index (κ3) is 2.52. The van der Waals surface area contributed by atoms with Crippen LogP contribution in [-0.2, 0) is 9.53 Å². The minimum Gasteiger partial charge on any atom is -0.479 e. The van der Waals surface area contributed by atoms with E-state index in [-0.39, 0.29) is 5.71 Å². The lowest BCUT2D eigenvalue weighted by Crippen LogP contribution is -2.13. The van der Waals surface area contributed by atoms with Gasteiger partial charge in [-0.1, -0.05) is 24.3 Å². The molecular weight excluding hydrogens is 208 g/mol. The van der Waals surface area contributed by atoms with E-state index < -0.39 is 12.1 Å². The average Bonchev–Trinajstić information content (AvgIpc) is 2.29. The zero-order chi connectivity index (χ0) is 12.1. The van der Waals surface area contributed by atoms with Crippen LogP contribution in [0.3, 0.4) is 0 Å². The molecule has 5 nitrogen and oxygen atoms in total. The lowest BCUT2D eigenvalue weighted by molar-refractivity contribution is -0.148. The molecule has 0 fully saturated rings. The monoisotopic (exact) mass is 220 g/mol. The summed E-state index contributed by atoms with van der Waals surface area (Å²) in [5.74, 6) is -1.06. The van der Waals surface area contributed by atoms with Gasteiger partial charge >= 0.3 is 5.97 Å². The summed E-state index contributed by atoms with van der Waals surface area (Å²) in [5, 5.41) is 23.2. The van der Waals surface area contributed by atoms with Gasteiger partial charge in [0.25, 0.3) is 0 Å². The molecule has 0 aliphatic rings. The van der Waals surface area contributed by atoms with Crippen molar-refractivity contribution in [2.75, 3.05) is 7.11 Å². The van der Waals surface area contributed by atoms with E-state index in [1.165, 1.54) is 7.11 Å². The van der Waals surface area contributed by atoms with E-state index in [1.807, 2.05) is 0 Å². The van der Waals surface area contributed by atoms with Crippen molar-refractivity contribution in [3.63, 3.8) is 0 Å². The molecule has 84 valence electrons. The summed E-state index contributed by atoms with van der Waals surface area (Å²) in [7, 11) is 1.33. The van der Waals surface area contributed by atoms with E-state index in [4.69, 9.17) is 20.7 Å². The van der Waals surface area contributed by atoms with Crippen LogP contribution in [0.5, 0.6) is 0 Å². The summed E-state index contributed by atoms with van der Waals surface area (Å²) in [6.07, 6.45) is -0.0665. The van der Waals surface area contributed by atoms with E-state index in [0.717, 1.165) is 6.21 Å². The molecule has 16 heavy (non-hydrogen) atoms. The zero-order valence-electron chi connectivity index (χ0n) is 8.73. The largest absolute Gasteiger partial charge is 0.479 e. The molecule has 0 aliphatic carbocycles. The highest BCUT2D eigenvalue weighted by Crippen LogP contribution is 2.17. The van der Waals surface area contributed by atoms with Crippen molar-refractivity contribution in [1.29, 1.82) is 10.8 Å². The maximum atomic E-state index is 10.8. The fourth-order valence-electron chi connectivity index (χ4n) is 1.30. The van der Waals surface area contributed by atoms with E-state index in [1.54, 1.807) is 24.3 Å². The van der Waals surface area contributed by atoms with Gasteiger partial charge in [-0.2, -0.15) is 0 Å². The number of carboxylic acids is 1. The number of carboxylic acid groups (broad SMARTS) is 1. The van der Waals surface area contributed by atoms with Gasteiger partial charge in [0, 0.05) is 18.9 Å². The number of ether oxygens (including phenoxy) is 1. The first-order valence-corrected chi connectivity index (χ1v) is 4.55. The van der Waals surface area contributed by atoms with Crippen LogP contribution in [-0.4, -0.2) is 30.1 Å². The minimum absolute atomic E-state index is 0.0795. The Kier molecular flexibility index (Phi) is 3.90. The number of hydrogen-bond acceptors (Lipinski definition) is 4. The van der Waals surface area contributed by atoms with Crippen LogP contribution in [0.4, 0.5) is 0 Å². The third-order valence-electron chi connectivity index (χ3n) is 2.13. The minimum atomic E-state index is -1.06. The highest BCUT2D eigenvalue weighted by molar-refractivity contribution is 6.35. The van der Waals surface area contributed by atoms with E-state index in [2.05, 4.69) is 0 Å². The summed E-state index contributed by atoms with van der Waals surface area (Å²) in [6, 6.07) is 6.35. The molecule has 0 saturated heterocycles. The molecule has 1 aromatic rings. The first kappa shape index (κ1) is 12.1. The highest BCUT2D eigenvalue weighted by atomic mass is 16.5. The second kappa shape index (κ2) is 5.18. The summed E-state index contributed by atoms with van der Waals surface area (Å²) in [6.45, 7) is 0. The van der Waals surface area contributed by atoms with Gasteiger partial charge < -0.3 is 15.3 Å². The molecule has 1 aromatic carbocycles. The van der Waals surface area contributed by atoms with Crippen LogP contribution >= 0.6 is 0 Å². The Bertz CT molecular complexity index is 412. The quantitative estimate of drug-likeness (QED) is 0.656. The number of benzene rings is 1. The summed E-state index contributed by atoms with van der Waals surface area (Å²) < 4.78 is 4.83. The second-order valence-corrected chi connectivity index (χ2v) is 3.13. The van der Waals surface area contributed by atoms with Gasteiger partial charge in [-0.15, -0.1) is 0 Å². The molecule has 0 spiro atoms. The first-order valence-electron chi connectivity index (χ1n) is 4.55. The molecular formula is C11H12N2O3. The molecule has 1 unspecified atom stereocenters. The molecule has 0 radical (unpaired) electrons. The number of methoxy groups -OCH3 is 1. The van der Waals surface area contributed by atoms with Crippen molar-refractivity contribution in [2.45, 2.75) is 6.10 Å². The Labute approximate surface area is 92.7 Å². The fourth-order valence-corrected chi connectivity index (χ4v) is 1.30. The van der Waals surface area contributed by atoms with E-state index in [0.29, 0.717) is 11.1 Å². The molecule has 5 heteroatoms. The van der Waals surface area contributed by atoms with Crippen LogP contribution in [0, 0.1) is 10.8 Å². The molecule has 1 atom stereocenters. The standard InChI is InChI=1S/C11H12N2O3/c1-16-10(11(14)15)8-4-2-7(3-5-8)9(13)6-12/h2-6,10,12-13H,1H3,(H,14,15). The van der Waals surface area contributed by atoms with Crippen LogP contribution in [0.2, 0.25) is 0 Å². The van der Waals surface area contributed by atoms with Crippen LogP contribution in [0.15, 0.2) is 24.3 Å². The molecule has 1 rings (SSSR count). The zero-order valence-corrected chi connectivity index (χ0v) is 8.73. The second-order valence-electron chi connectivity index (χ2n) is 3.13. The molecule has 0 amide bonds. The number of carbonyl (C=O) groups is 1. The molecule has 3 N–H and O–H groups in total. The highest BCUT2D eigenvalue weighted by Gasteiger charge is 2.18. The number of aliphatic carboxylic acids is 1. The fraction of sp³-hybridized carbons (Fsp3) is 0.182. The maximum absolute atomic E-state index is 10.8. The number of rotatable bonds is 5. The molecule has 0 heterocycles.